The number of rotatable bonds is 3. The van der Waals surface area contributed by atoms with Gasteiger partial charge in [-0.1, -0.05) is 0 Å². The molecule has 2 heterocycles. The van der Waals surface area contributed by atoms with E-state index < -0.39 is 0 Å². The molecule has 92 valence electrons. The van der Waals surface area contributed by atoms with Gasteiger partial charge in [0, 0.05) is 45.3 Å². The molecule has 4 nitrogen and oxygen atoms in total. The molecule has 2 fully saturated rings. The van der Waals surface area contributed by atoms with Gasteiger partial charge in [-0.05, 0) is 20.3 Å². The van der Waals surface area contributed by atoms with Crippen LogP contribution in [0.4, 0.5) is 0 Å². The fourth-order valence-electron chi connectivity index (χ4n) is 2.65. The van der Waals surface area contributed by atoms with Gasteiger partial charge in [0.25, 0.3) is 0 Å². The number of nitrogens with zero attached hydrogens (tertiary/aromatic N) is 2. The standard InChI is InChI=1S/C12H23N3O/c1-10(2)15-6-3-11(12(15)16)9-14-7-4-13-5-8-14/h10-11,13H,3-9H2,1-2H3. The first-order valence-corrected chi connectivity index (χ1v) is 6.42. The van der Waals surface area contributed by atoms with Gasteiger partial charge < -0.3 is 15.1 Å². The van der Waals surface area contributed by atoms with Crippen LogP contribution in [0.1, 0.15) is 20.3 Å². The number of hydrogen-bond acceptors (Lipinski definition) is 3. The average molecular weight is 225 g/mol. The second kappa shape index (κ2) is 5.15. The third kappa shape index (κ3) is 2.55. The molecule has 0 aromatic carbocycles. The molecule has 0 aliphatic carbocycles. The van der Waals surface area contributed by atoms with Gasteiger partial charge in [-0.15, -0.1) is 0 Å². The second-order valence-corrected chi connectivity index (χ2v) is 5.16. The molecule has 4 heteroatoms. The Kier molecular flexibility index (Phi) is 3.82. The zero-order valence-corrected chi connectivity index (χ0v) is 10.4. The molecule has 1 N–H and O–H groups in total. The highest BCUT2D eigenvalue weighted by Crippen LogP contribution is 2.21. The Morgan fingerprint density at radius 3 is 2.56 bits per heavy atom. The zero-order valence-electron chi connectivity index (χ0n) is 10.4. The number of hydrogen-bond donors (Lipinski definition) is 1. The van der Waals surface area contributed by atoms with Crippen molar-refractivity contribution in [3.63, 3.8) is 0 Å². The topological polar surface area (TPSA) is 35.6 Å². The molecule has 0 saturated carbocycles. The summed E-state index contributed by atoms with van der Waals surface area (Å²) in [6, 6.07) is 0.362. The summed E-state index contributed by atoms with van der Waals surface area (Å²) in [5.41, 5.74) is 0. The molecule has 1 amide bonds. The Morgan fingerprint density at radius 2 is 2.00 bits per heavy atom. The Labute approximate surface area is 98.0 Å². The lowest BCUT2D eigenvalue weighted by Gasteiger charge is -2.29. The van der Waals surface area contributed by atoms with Gasteiger partial charge in [-0.25, -0.2) is 0 Å². The lowest BCUT2D eigenvalue weighted by atomic mass is 10.1. The van der Waals surface area contributed by atoms with Crippen molar-refractivity contribution >= 4 is 5.91 Å². The molecular weight excluding hydrogens is 202 g/mol. The SMILES string of the molecule is CC(C)N1CCC(CN2CCNCC2)C1=O. The summed E-state index contributed by atoms with van der Waals surface area (Å²) in [5, 5.41) is 3.34. The summed E-state index contributed by atoms with van der Waals surface area (Å²) in [6.07, 6.45) is 1.04. The van der Waals surface area contributed by atoms with Gasteiger partial charge in [-0.3, -0.25) is 4.79 Å². The van der Waals surface area contributed by atoms with Crippen LogP contribution in [-0.2, 0) is 4.79 Å². The van der Waals surface area contributed by atoms with Crippen molar-refractivity contribution in [1.82, 2.24) is 15.1 Å². The van der Waals surface area contributed by atoms with Crippen LogP contribution in [0.3, 0.4) is 0 Å². The number of amides is 1. The summed E-state index contributed by atoms with van der Waals surface area (Å²) in [4.78, 5) is 16.5. The van der Waals surface area contributed by atoms with Crippen LogP contribution in [0.2, 0.25) is 0 Å². The minimum Gasteiger partial charge on any atom is -0.340 e. The molecule has 0 radical (unpaired) electrons. The van der Waals surface area contributed by atoms with E-state index in [9.17, 15) is 4.79 Å². The summed E-state index contributed by atoms with van der Waals surface area (Å²) < 4.78 is 0. The monoisotopic (exact) mass is 225 g/mol. The fraction of sp³-hybridized carbons (Fsp3) is 0.917. The fourth-order valence-corrected chi connectivity index (χ4v) is 2.65. The van der Waals surface area contributed by atoms with Crippen LogP contribution in [0, 0.1) is 5.92 Å². The molecule has 2 aliphatic rings. The van der Waals surface area contributed by atoms with Gasteiger partial charge in [-0.2, -0.15) is 0 Å². The van der Waals surface area contributed by atoms with Crippen LogP contribution >= 0.6 is 0 Å². The van der Waals surface area contributed by atoms with Gasteiger partial charge in [0.05, 0.1) is 5.92 Å². The van der Waals surface area contributed by atoms with Crippen molar-refractivity contribution in [3.05, 3.63) is 0 Å². The lowest BCUT2D eigenvalue weighted by molar-refractivity contribution is -0.132. The molecule has 2 saturated heterocycles. The summed E-state index contributed by atoms with van der Waals surface area (Å²) >= 11 is 0. The van der Waals surface area contributed by atoms with E-state index in [1.54, 1.807) is 0 Å². The van der Waals surface area contributed by atoms with Crippen LogP contribution in [-0.4, -0.2) is 61.0 Å². The van der Waals surface area contributed by atoms with Crippen molar-refractivity contribution in [2.45, 2.75) is 26.3 Å². The van der Waals surface area contributed by atoms with Crippen LogP contribution in [0.15, 0.2) is 0 Å². The van der Waals surface area contributed by atoms with E-state index in [1.165, 1.54) is 0 Å². The molecule has 2 rings (SSSR count). The van der Waals surface area contributed by atoms with E-state index in [1.807, 2.05) is 4.90 Å². The van der Waals surface area contributed by atoms with Crippen LogP contribution in [0.25, 0.3) is 0 Å². The first-order valence-electron chi connectivity index (χ1n) is 6.42. The predicted octanol–water partition coefficient (Wildman–Crippen LogP) is 0.149. The minimum atomic E-state index is 0.250. The van der Waals surface area contributed by atoms with Crippen molar-refractivity contribution < 1.29 is 4.79 Å². The van der Waals surface area contributed by atoms with Gasteiger partial charge >= 0.3 is 0 Å². The molecule has 0 bridgehead atoms. The maximum atomic E-state index is 12.1. The number of nitrogens with one attached hydrogen (secondary N) is 1. The molecule has 16 heavy (non-hydrogen) atoms. The van der Waals surface area contributed by atoms with E-state index >= 15 is 0 Å². The van der Waals surface area contributed by atoms with E-state index in [0.717, 1.165) is 45.7 Å². The predicted molar refractivity (Wildman–Crippen MR) is 64.3 cm³/mol. The number of carbonyl (C=O) groups is 1. The third-order valence-electron chi connectivity index (χ3n) is 3.66. The number of carbonyl (C=O) groups excluding carboxylic acids is 1. The Morgan fingerprint density at radius 1 is 1.31 bits per heavy atom. The molecule has 2 aliphatic heterocycles. The van der Waals surface area contributed by atoms with Crippen molar-refractivity contribution in [2.24, 2.45) is 5.92 Å². The number of likely N-dealkylation sites (tertiary alicyclic amines) is 1. The summed E-state index contributed by atoms with van der Waals surface area (Å²) in [6.45, 7) is 10.4. The maximum absolute atomic E-state index is 12.1. The Hall–Kier alpha value is -0.610. The van der Waals surface area contributed by atoms with Crippen molar-refractivity contribution in [2.75, 3.05) is 39.3 Å². The summed E-state index contributed by atoms with van der Waals surface area (Å²) in [7, 11) is 0. The summed E-state index contributed by atoms with van der Waals surface area (Å²) in [5.74, 6) is 0.619. The minimum absolute atomic E-state index is 0.250. The highest BCUT2D eigenvalue weighted by atomic mass is 16.2. The van der Waals surface area contributed by atoms with Gasteiger partial charge in [0.1, 0.15) is 0 Å². The Balaban J connectivity index is 1.84. The quantitative estimate of drug-likeness (QED) is 0.742. The maximum Gasteiger partial charge on any atom is 0.227 e. The molecular formula is C12H23N3O. The first-order chi connectivity index (χ1) is 7.68. The van der Waals surface area contributed by atoms with E-state index in [0.29, 0.717) is 11.9 Å². The van der Waals surface area contributed by atoms with Gasteiger partial charge in [0.2, 0.25) is 5.91 Å². The second-order valence-electron chi connectivity index (χ2n) is 5.16. The van der Waals surface area contributed by atoms with E-state index in [4.69, 9.17) is 0 Å². The third-order valence-corrected chi connectivity index (χ3v) is 3.66. The van der Waals surface area contributed by atoms with Crippen molar-refractivity contribution in [3.8, 4) is 0 Å². The van der Waals surface area contributed by atoms with Crippen LogP contribution < -0.4 is 5.32 Å². The lowest BCUT2D eigenvalue weighted by Crippen LogP contribution is -2.46. The normalized spacial score (nSPS) is 28.1. The Bertz CT molecular complexity index is 249. The number of piperazine rings is 1. The van der Waals surface area contributed by atoms with Gasteiger partial charge in [0.15, 0.2) is 0 Å². The molecule has 0 aromatic heterocycles. The van der Waals surface area contributed by atoms with E-state index in [2.05, 4.69) is 24.1 Å². The largest absolute Gasteiger partial charge is 0.340 e. The highest BCUT2D eigenvalue weighted by molar-refractivity contribution is 5.81. The molecule has 1 atom stereocenters. The van der Waals surface area contributed by atoms with Crippen molar-refractivity contribution in [1.29, 1.82) is 0 Å². The first kappa shape index (κ1) is 11.9. The van der Waals surface area contributed by atoms with E-state index in [-0.39, 0.29) is 5.92 Å². The molecule has 0 spiro atoms. The van der Waals surface area contributed by atoms with Crippen LogP contribution in [0.5, 0.6) is 0 Å². The smallest absolute Gasteiger partial charge is 0.227 e. The average Bonchev–Trinajstić information content (AvgIpc) is 2.62. The highest BCUT2D eigenvalue weighted by Gasteiger charge is 2.33. The molecule has 0 aromatic rings. The molecule has 1 unspecified atom stereocenters. The zero-order chi connectivity index (χ0) is 11.5.